The van der Waals surface area contributed by atoms with E-state index in [4.69, 9.17) is 4.74 Å². The van der Waals surface area contributed by atoms with Crippen molar-refractivity contribution < 1.29 is 13.2 Å². The molecule has 0 unspecified atom stereocenters. The third-order valence-electron chi connectivity index (χ3n) is 5.93. The number of hydrogen-bond acceptors (Lipinski definition) is 7. The number of methoxy groups -OCH3 is 1. The second-order valence-electron chi connectivity index (χ2n) is 8.01. The van der Waals surface area contributed by atoms with Gasteiger partial charge < -0.3 is 14.6 Å². The maximum absolute atomic E-state index is 11.9. The lowest BCUT2D eigenvalue weighted by molar-refractivity contribution is 0.254. The van der Waals surface area contributed by atoms with Gasteiger partial charge in [0, 0.05) is 43.3 Å². The molecule has 0 amide bonds. The highest BCUT2D eigenvalue weighted by Crippen LogP contribution is 2.22. The predicted octanol–water partition coefficient (Wildman–Crippen LogP) is 1.77. The smallest absolute Gasteiger partial charge is 0.225 e. The Bertz CT molecular complexity index is 1140. The number of nitrogens with zero attached hydrogens (tertiary/aromatic N) is 4. The third-order valence-corrected chi connectivity index (χ3v) is 7.26. The van der Waals surface area contributed by atoms with Crippen molar-refractivity contribution in [2.24, 2.45) is 0 Å². The molecule has 32 heavy (non-hydrogen) atoms. The van der Waals surface area contributed by atoms with E-state index in [2.05, 4.69) is 29.5 Å². The Labute approximate surface area is 188 Å². The van der Waals surface area contributed by atoms with Gasteiger partial charge in [-0.3, -0.25) is 4.90 Å². The Morgan fingerprint density at radius 2 is 1.91 bits per heavy atom. The quantitative estimate of drug-likeness (QED) is 0.504. The molecule has 9 nitrogen and oxygen atoms in total. The number of sulfonamides is 1. The second-order valence-corrected chi connectivity index (χ2v) is 9.94. The monoisotopic (exact) mass is 458 g/mol. The number of ether oxygens (including phenoxy) is 1. The molecule has 1 aliphatic heterocycles. The van der Waals surface area contributed by atoms with Gasteiger partial charge in [-0.1, -0.05) is 6.07 Å². The molecule has 172 valence electrons. The first-order valence-corrected chi connectivity index (χ1v) is 12.5. The van der Waals surface area contributed by atoms with Crippen molar-refractivity contribution in [3.8, 4) is 5.75 Å². The summed E-state index contributed by atoms with van der Waals surface area (Å²) >= 11 is 0. The Kier molecular flexibility index (Phi) is 6.92. The zero-order chi connectivity index (χ0) is 22.6. The summed E-state index contributed by atoms with van der Waals surface area (Å²) in [5, 5.41) is 1.11. The van der Waals surface area contributed by atoms with E-state index in [-0.39, 0.29) is 5.75 Å². The molecule has 3 aromatic rings. The molecule has 0 aliphatic carbocycles. The van der Waals surface area contributed by atoms with Crippen LogP contribution >= 0.6 is 0 Å². The average molecular weight is 459 g/mol. The number of aryl methyl sites for hydroxylation is 1. The highest BCUT2D eigenvalue weighted by Gasteiger charge is 2.19. The third kappa shape index (κ3) is 5.37. The number of rotatable bonds is 9. The second kappa shape index (κ2) is 9.85. The van der Waals surface area contributed by atoms with Crippen LogP contribution in [0, 0.1) is 0 Å². The standard InChI is InChI=1S/C22H30N6O3S/c1-23-32(29,30)16-17-5-6-21-20(12-17)18(13-24-21)4-3-7-27-8-10-28(11-9-27)22-25-14-19(31-2)15-26-22/h5-6,12-15,23-24H,3-4,7-11,16H2,1-2H3. The van der Waals surface area contributed by atoms with E-state index in [9.17, 15) is 8.42 Å². The molecule has 2 aromatic heterocycles. The van der Waals surface area contributed by atoms with Gasteiger partial charge in [0.25, 0.3) is 0 Å². The Balaban J connectivity index is 1.29. The zero-order valence-electron chi connectivity index (χ0n) is 18.5. The lowest BCUT2D eigenvalue weighted by Crippen LogP contribution is -2.47. The van der Waals surface area contributed by atoms with Crippen molar-refractivity contribution in [1.82, 2.24) is 24.6 Å². The van der Waals surface area contributed by atoms with Crippen molar-refractivity contribution in [1.29, 1.82) is 0 Å². The highest BCUT2D eigenvalue weighted by atomic mass is 32.2. The van der Waals surface area contributed by atoms with E-state index < -0.39 is 10.0 Å². The van der Waals surface area contributed by atoms with E-state index in [0.717, 1.165) is 68.0 Å². The first-order chi connectivity index (χ1) is 15.5. The summed E-state index contributed by atoms with van der Waals surface area (Å²) in [5.41, 5.74) is 3.07. The van der Waals surface area contributed by atoms with E-state index in [1.54, 1.807) is 19.5 Å². The van der Waals surface area contributed by atoms with E-state index in [1.807, 2.05) is 24.4 Å². The van der Waals surface area contributed by atoms with Gasteiger partial charge in [0.15, 0.2) is 5.75 Å². The number of aromatic nitrogens is 3. The number of aromatic amines is 1. The van der Waals surface area contributed by atoms with Gasteiger partial charge in [0.1, 0.15) is 0 Å². The van der Waals surface area contributed by atoms with Crippen LogP contribution in [0.4, 0.5) is 5.95 Å². The summed E-state index contributed by atoms with van der Waals surface area (Å²) in [6.45, 7) is 4.80. The lowest BCUT2D eigenvalue weighted by Gasteiger charge is -2.34. The van der Waals surface area contributed by atoms with Gasteiger partial charge >= 0.3 is 0 Å². The largest absolute Gasteiger partial charge is 0.494 e. The molecule has 0 spiro atoms. The van der Waals surface area contributed by atoms with Crippen LogP contribution in [0.15, 0.2) is 36.8 Å². The fraction of sp³-hybridized carbons (Fsp3) is 0.455. The van der Waals surface area contributed by atoms with Gasteiger partial charge in [-0.2, -0.15) is 0 Å². The maximum Gasteiger partial charge on any atom is 0.225 e. The maximum atomic E-state index is 11.9. The SMILES string of the molecule is CNS(=O)(=O)Cc1ccc2[nH]cc(CCCN3CCN(c4ncc(OC)cn4)CC3)c2c1. The molecule has 10 heteroatoms. The van der Waals surface area contributed by atoms with Crippen LogP contribution in [-0.2, 0) is 22.2 Å². The lowest BCUT2D eigenvalue weighted by atomic mass is 10.1. The van der Waals surface area contributed by atoms with E-state index in [1.165, 1.54) is 12.6 Å². The number of benzene rings is 1. The van der Waals surface area contributed by atoms with Crippen LogP contribution < -0.4 is 14.4 Å². The minimum absolute atomic E-state index is 0.00769. The molecule has 4 rings (SSSR count). The Morgan fingerprint density at radius 1 is 1.16 bits per heavy atom. The molecule has 1 saturated heterocycles. The molecule has 0 bridgehead atoms. The fourth-order valence-electron chi connectivity index (χ4n) is 4.06. The number of fused-ring (bicyclic) bond motifs is 1. The highest BCUT2D eigenvalue weighted by molar-refractivity contribution is 7.88. The number of nitrogens with one attached hydrogen (secondary N) is 2. The molecule has 1 aliphatic rings. The predicted molar refractivity (Wildman–Crippen MR) is 126 cm³/mol. The molecule has 1 fully saturated rings. The minimum Gasteiger partial charge on any atom is -0.494 e. The summed E-state index contributed by atoms with van der Waals surface area (Å²) < 4.78 is 31.3. The van der Waals surface area contributed by atoms with E-state index in [0.29, 0.717) is 5.75 Å². The van der Waals surface area contributed by atoms with Crippen molar-refractivity contribution >= 4 is 26.9 Å². The molecule has 2 N–H and O–H groups in total. The molecule has 0 saturated carbocycles. The minimum atomic E-state index is -3.28. The van der Waals surface area contributed by atoms with Crippen LogP contribution in [0.25, 0.3) is 10.9 Å². The normalized spacial score (nSPS) is 15.4. The van der Waals surface area contributed by atoms with Crippen molar-refractivity contribution in [3.63, 3.8) is 0 Å². The molecule has 3 heterocycles. The van der Waals surface area contributed by atoms with E-state index >= 15 is 0 Å². The summed E-state index contributed by atoms with van der Waals surface area (Å²) in [4.78, 5) is 16.7. The topological polar surface area (TPSA) is 103 Å². The number of piperazine rings is 1. The van der Waals surface area contributed by atoms with Crippen molar-refractivity contribution in [2.75, 3.05) is 51.8 Å². The molecular formula is C22H30N6O3S. The molecule has 0 radical (unpaired) electrons. The van der Waals surface area contributed by atoms with Crippen LogP contribution in [0.5, 0.6) is 5.75 Å². The zero-order valence-corrected chi connectivity index (χ0v) is 19.4. The average Bonchev–Trinajstić information content (AvgIpc) is 3.21. The van der Waals surface area contributed by atoms with Gasteiger partial charge in [-0.25, -0.2) is 23.1 Å². The summed E-state index contributed by atoms with van der Waals surface area (Å²) in [6, 6.07) is 5.81. The first-order valence-electron chi connectivity index (χ1n) is 10.8. The molecule has 1 aromatic carbocycles. The van der Waals surface area contributed by atoms with Gasteiger partial charge in [-0.05, 0) is 49.7 Å². The molecular weight excluding hydrogens is 428 g/mol. The van der Waals surface area contributed by atoms with Crippen molar-refractivity contribution in [3.05, 3.63) is 47.9 Å². The molecule has 0 atom stereocenters. The van der Waals surface area contributed by atoms with Gasteiger partial charge in [0.05, 0.1) is 25.3 Å². The van der Waals surface area contributed by atoms with Gasteiger partial charge in [-0.15, -0.1) is 0 Å². The summed E-state index contributed by atoms with van der Waals surface area (Å²) in [7, 11) is -0.227. The first kappa shape index (κ1) is 22.5. The van der Waals surface area contributed by atoms with Crippen molar-refractivity contribution in [2.45, 2.75) is 18.6 Å². The van der Waals surface area contributed by atoms with Crippen LogP contribution in [0.3, 0.4) is 0 Å². The summed E-state index contributed by atoms with van der Waals surface area (Å²) in [5.74, 6) is 1.41. The fourth-order valence-corrected chi connectivity index (χ4v) is 4.82. The van der Waals surface area contributed by atoms with Crippen LogP contribution in [-0.4, -0.2) is 75.2 Å². The Hall–Kier alpha value is -2.69. The Morgan fingerprint density at radius 3 is 2.59 bits per heavy atom. The van der Waals surface area contributed by atoms with Crippen LogP contribution in [0.2, 0.25) is 0 Å². The number of hydrogen-bond donors (Lipinski definition) is 2. The number of anilines is 1. The van der Waals surface area contributed by atoms with Gasteiger partial charge in [0.2, 0.25) is 16.0 Å². The van der Waals surface area contributed by atoms with Crippen LogP contribution in [0.1, 0.15) is 17.5 Å². The summed E-state index contributed by atoms with van der Waals surface area (Å²) in [6.07, 6.45) is 7.44. The number of H-pyrrole nitrogens is 1.